The van der Waals surface area contributed by atoms with Crippen LogP contribution in [0.1, 0.15) is 13.3 Å². The van der Waals surface area contributed by atoms with E-state index in [4.69, 9.17) is 11.6 Å². The number of rotatable bonds is 3. The first-order valence-corrected chi connectivity index (χ1v) is 2.38. The van der Waals surface area contributed by atoms with Crippen LogP contribution in [0.2, 0.25) is 0 Å². The Labute approximate surface area is 43.6 Å². The molecule has 0 amide bonds. The summed E-state index contributed by atoms with van der Waals surface area (Å²) >= 11 is 0. The second-order valence-corrected chi connectivity index (χ2v) is 1.50. The van der Waals surface area contributed by atoms with Crippen molar-refractivity contribution in [3.63, 3.8) is 0 Å². The fourth-order valence-electron chi connectivity index (χ4n) is 0.241. The van der Waals surface area contributed by atoms with Crippen LogP contribution in [0.3, 0.4) is 0 Å². The average Bonchev–Trinajstić information content (AvgIpc) is 1.68. The van der Waals surface area contributed by atoms with E-state index in [9.17, 15) is 0 Å². The van der Waals surface area contributed by atoms with Crippen LogP contribution in [0.5, 0.6) is 0 Å². The molecule has 0 saturated carbocycles. The summed E-state index contributed by atoms with van der Waals surface area (Å²) in [6.07, 6.45) is 0.914. The van der Waals surface area contributed by atoms with Gasteiger partial charge in [-0.1, -0.05) is 6.92 Å². The van der Waals surface area contributed by atoms with Crippen LogP contribution >= 0.6 is 0 Å². The van der Waals surface area contributed by atoms with Crippen LogP contribution < -0.4 is 11.6 Å². The third kappa shape index (κ3) is 3.72. The monoisotopic (exact) mass is 104 g/mol. The van der Waals surface area contributed by atoms with E-state index in [0.29, 0.717) is 6.61 Å². The van der Waals surface area contributed by atoms with Gasteiger partial charge in [-0.25, -0.2) is 5.90 Å². The van der Waals surface area contributed by atoms with Crippen molar-refractivity contribution in [3.8, 4) is 0 Å². The Morgan fingerprint density at radius 3 is 2.43 bits per heavy atom. The summed E-state index contributed by atoms with van der Waals surface area (Å²) in [5.74, 6) is 4.72. The van der Waals surface area contributed by atoms with Gasteiger partial charge < -0.3 is 10.6 Å². The van der Waals surface area contributed by atoms with E-state index in [1.54, 1.807) is 0 Å². The van der Waals surface area contributed by atoms with Gasteiger partial charge in [-0.15, -0.1) is 0 Å². The number of nitrogens with two attached hydrogens (primary N) is 2. The molecule has 0 radical (unpaired) electrons. The first-order valence-electron chi connectivity index (χ1n) is 2.38. The minimum absolute atomic E-state index is 0.102. The molecule has 0 aromatic carbocycles. The third-order valence-corrected chi connectivity index (χ3v) is 0.835. The molecule has 0 spiro atoms. The number of hydrogen-bond donors (Lipinski definition) is 2. The fourth-order valence-corrected chi connectivity index (χ4v) is 0.241. The summed E-state index contributed by atoms with van der Waals surface area (Å²) in [4.78, 5) is 4.27. The van der Waals surface area contributed by atoms with Crippen molar-refractivity contribution in [2.45, 2.75) is 19.4 Å². The molecule has 0 aliphatic carbocycles. The van der Waals surface area contributed by atoms with E-state index in [1.165, 1.54) is 0 Å². The molecule has 0 aliphatic rings. The molecule has 0 bridgehead atoms. The lowest BCUT2D eigenvalue weighted by atomic mass is 10.3. The molecule has 0 fully saturated rings. The lowest BCUT2D eigenvalue weighted by molar-refractivity contribution is 0.123. The second-order valence-electron chi connectivity index (χ2n) is 1.50. The van der Waals surface area contributed by atoms with Crippen molar-refractivity contribution in [1.82, 2.24) is 0 Å². The fraction of sp³-hybridized carbons (Fsp3) is 1.00. The molecule has 0 rings (SSSR count). The Hall–Kier alpha value is -0.120. The standard InChI is InChI=1S/C4H12N2O/c1-2-4(5)3-7-6/h4H,2-3,5-6H2,1H3. The van der Waals surface area contributed by atoms with E-state index in [1.807, 2.05) is 6.92 Å². The Bertz CT molecular complexity index is 40.7. The van der Waals surface area contributed by atoms with Crippen LogP contribution in [0.25, 0.3) is 0 Å². The average molecular weight is 104 g/mol. The normalized spacial score (nSPS) is 14.1. The van der Waals surface area contributed by atoms with Gasteiger partial charge >= 0.3 is 0 Å². The second kappa shape index (κ2) is 4.05. The molecule has 0 aromatic rings. The molecule has 3 heteroatoms. The third-order valence-electron chi connectivity index (χ3n) is 0.835. The lowest BCUT2D eigenvalue weighted by Crippen LogP contribution is -2.26. The van der Waals surface area contributed by atoms with Crippen LogP contribution in [0.15, 0.2) is 0 Å². The Morgan fingerprint density at radius 2 is 2.29 bits per heavy atom. The van der Waals surface area contributed by atoms with Gasteiger partial charge in [0.15, 0.2) is 0 Å². The van der Waals surface area contributed by atoms with Gasteiger partial charge in [0.2, 0.25) is 0 Å². The van der Waals surface area contributed by atoms with Gasteiger partial charge in [0, 0.05) is 6.04 Å². The molecule has 44 valence electrons. The topological polar surface area (TPSA) is 61.3 Å². The summed E-state index contributed by atoms with van der Waals surface area (Å²) in [5, 5.41) is 0. The van der Waals surface area contributed by atoms with Gasteiger partial charge in [-0.05, 0) is 6.42 Å². The van der Waals surface area contributed by atoms with Crippen molar-refractivity contribution in [2.75, 3.05) is 6.61 Å². The predicted octanol–water partition coefficient (Wildman–Crippen LogP) is -0.386. The zero-order valence-electron chi connectivity index (χ0n) is 4.55. The largest absolute Gasteiger partial charge is 0.326 e. The molecule has 0 saturated heterocycles. The zero-order chi connectivity index (χ0) is 5.70. The first-order chi connectivity index (χ1) is 3.31. The highest BCUT2D eigenvalue weighted by atomic mass is 16.6. The quantitative estimate of drug-likeness (QED) is 0.479. The molecule has 0 heterocycles. The summed E-state index contributed by atoms with van der Waals surface area (Å²) in [6.45, 7) is 2.44. The molecule has 7 heavy (non-hydrogen) atoms. The molecular formula is C4H12N2O. The predicted molar refractivity (Wildman–Crippen MR) is 28.4 cm³/mol. The van der Waals surface area contributed by atoms with E-state index in [0.717, 1.165) is 6.42 Å². The minimum Gasteiger partial charge on any atom is -0.326 e. The Morgan fingerprint density at radius 1 is 1.71 bits per heavy atom. The Balaban J connectivity index is 2.83. The van der Waals surface area contributed by atoms with Crippen molar-refractivity contribution >= 4 is 0 Å². The lowest BCUT2D eigenvalue weighted by Gasteiger charge is -2.03. The highest BCUT2D eigenvalue weighted by Gasteiger charge is 1.93. The van der Waals surface area contributed by atoms with Gasteiger partial charge in [-0.3, -0.25) is 0 Å². The number of hydrogen-bond acceptors (Lipinski definition) is 3. The highest BCUT2D eigenvalue weighted by molar-refractivity contribution is 4.53. The van der Waals surface area contributed by atoms with Crippen molar-refractivity contribution in [2.24, 2.45) is 11.6 Å². The summed E-state index contributed by atoms with van der Waals surface area (Å²) in [5.41, 5.74) is 5.38. The summed E-state index contributed by atoms with van der Waals surface area (Å²) < 4.78 is 0. The van der Waals surface area contributed by atoms with E-state index in [-0.39, 0.29) is 6.04 Å². The molecule has 0 aromatic heterocycles. The zero-order valence-corrected chi connectivity index (χ0v) is 4.55. The molecular weight excluding hydrogens is 92.1 g/mol. The van der Waals surface area contributed by atoms with Crippen molar-refractivity contribution in [3.05, 3.63) is 0 Å². The van der Waals surface area contributed by atoms with E-state index >= 15 is 0 Å². The van der Waals surface area contributed by atoms with Crippen LogP contribution in [-0.2, 0) is 4.84 Å². The maximum Gasteiger partial charge on any atom is 0.0830 e. The summed E-state index contributed by atoms with van der Waals surface area (Å²) in [6, 6.07) is 0.102. The van der Waals surface area contributed by atoms with Gasteiger partial charge in [-0.2, -0.15) is 0 Å². The van der Waals surface area contributed by atoms with Crippen LogP contribution in [0, 0.1) is 0 Å². The maximum absolute atomic E-state index is 5.38. The first kappa shape index (κ1) is 6.88. The SMILES string of the molecule is CCC(N)CON. The maximum atomic E-state index is 5.38. The van der Waals surface area contributed by atoms with Crippen molar-refractivity contribution in [1.29, 1.82) is 0 Å². The van der Waals surface area contributed by atoms with Gasteiger partial charge in [0.25, 0.3) is 0 Å². The van der Waals surface area contributed by atoms with Crippen LogP contribution in [0.4, 0.5) is 0 Å². The van der Waals surface area contributed by atoms with Gasteiger partial charge in [0.1, 0.15) is 0 Å². The highest BCUT2D eigenvalue weighted by Crippen LogP contribution is 1.82. The molecule has 1 unspecified atom stereocenters. The summed E-state index contributed by atoms with van der Waals surface area (Å²) in [7, 11) is 0. The Kier molecular flexibility index (Phi) is 3.98. The molecule has 3 nitrogen and oxygen atoms in total. The molecule has 0 aliphatic heterocycles. The molecule has 4 N–H and O–H groups in total. The van der Waals surface area contributed by atoms with Crippen molar-refractivity contribution < 1.29 is 4.84 Å². The molecule has 1 atom stereocenters. The minimum atomic E-state index is 0.102. The van der Waals surface area contributed by atoms with E-state index < -0.39 is 0 Å². The van der Waals surface area contributed by atoms with Gasteiger partial charge in [0.05, 0.1) is 6.61 Å². The van der Waals surface area contributed by atoms with Crippen LogP contribution in [-0.4, -0.2) is 12.6 Å². The smallest absolute Gasteiger partial charge is 0.0830 e. The van der Waals surface area contributed by atoms with E-state index in [2.05, 4.69) is 4.84 Å².